The van der Waals surface area contributed by atoms with E-state index in [2.05, 4.69) is 10.3 Å². The van der Waals surface area contributed by atoms with Crippen LogP contribution in [-0.2, 0) is 6.54 Å². The fourth-order valence-corrected chi connectivity index (χ4v) is 3.94. The van der Waals surface area contributed by atoms with E-state index in [1.165, 1.54) is 11.3 Å². The topological polar surface area (TPSA) is 88.3 Å². The maximum absolute atomic E-state index is 12.5. The Morgan fingerprint density at radius 2 is 2.08 bits per heavy atom. The molecule has 1 aliphatic heterocycles. The summed E-state index contributed by atoms with van der Waals surface area (Å²) in [5.74, 6) is 1.64. The number of nitrogens with zero attached hydrogens (tertiary/aromatic N) is 2. The Hall–Kier alpha value is -1.90. The maximum Gasteiger partial charge on any atom is 0.275 e. The highest BCUT2D eigenvalue weighted by molar-refractivity contribution is 7.99. The molecular formula is C16H18N4O2S2. The van der Waals surface area contributed by atoms with Gasteiger partial charge < -0.3 is 16.0 Å². The Balaban J connectivity index is 1.70. The summed E-state index contributed by atoms with van der Waals surface area (Å²) >= 11 is 3.21. The van der Waals surface area contributed by atoms with Gasteiger partial charge in [-0.1, -0.05) is 6.07 Å². The number of benzene rings is 1. The molecule has 1 aromatic heterocycles. The second-order valence-corrected chi connectivity index (χ2v) is 7.44. The predicted molar refractivity (Wildman–Crippen MR) is 97.6 cm³/mol. The van der Waals surface area contributed by atoms with Crippen LogP contribution in [0.15, 0.2) is 29.6 Å². The molecule has 1 saturated heterocycles. The molecule has 0 saturated carbocycles. The van der Waals surface area contributed by atoms with Crippen molar-refractivity contribution in [2.75, 3.05) is 29.9 Å². The van der Waals surface area contributed by atoms with Gasteiger partial charge in [0.15, 0.2) is 0 Å². The number of amides is 2. The van der Waals surface area contributed by atoms with Crippen LogP contribution in [0.4, 0.5) is 5.69 Å². The molecule has 2 amide bonds. The lowest BCUT2D eigenvalue weighted by molar-refractivity contribution is 0.0772. The van der Waals surface area contributed by atoms with Crippen molar-refractivity contribution in [1.82, 2.24) is 9.88 Å². The molecular weight excluding hydrogens is 344 g/mol. The van der Waals surface area contributed by atoms with Crippen molar-refractivity contribution in [3.05, 3.63) is 45.9 Å². The molecule has 0 aliphatic carbocycles. The van der Waals surface area contributed by atoms with Gasteiger partial charge >= 0.3 is 0 Å². The number of thioether (sulfide) groups is 1. The van der Waals surface area contributed by atoms with Crippen molar-refractivity contribution in [1.29, 1.82) is 0 Å². The third-order valence-corrected chi connectivity index (χ3v) is 5.44. The first-order valence-corrected chi connectivity index (χ1v) is 9.63. The molecule has 0 spiro atoms. The molecule has 3 rings (SSSR count). The largest absolute Gasteiger partial charge is 0.337 e. The molecule has 2 heterocycles. The quantitative estimate of drug-likeness (QED) is 0.869. The molecule has 6 nitrogen and oxygen atoms in total. The van der Waals surface area contributed by atoms with E-state index in [4.69, 9.17) is 5.73 Å². The van der Waals surface area contributed by atoms with Crippen molar-refractivity contribution < 1.29 is 9.59 Å². The van der Waals surface area contributed by atoms with E-state index < -0.39 is 0 Å². The molecule has 0 bridgehead atoms. The van der Waals surface area contributed by atoms with Crippen LogP contribution in [0.3, 0.4) is 0 Å². The van der Waals surface area contributed by atoms with E-state index in [1.807, 2.05) is 16.7 Å². The Morgan fingerprint density at radius 1 is 1.29 bits per heavy atom. The van der Waals surface area contributed by atoms with Crippen LogP contribution < -0.4 is 11.1 Å². The lowest BCUT2D eigenvalue weighted by Crippen LogP contribution is -2.37. The van der Waals surface area contributed by atoms with Gasteiger partial charge in [0.2, 0.25) is 0 Å². The first-order chi connectivity index (χ1) is 11.7. The smallest absolute Gasteiger partial charge is 0.275 e. The van der Waals surface area contributed by atoms with Crippen LogP contribution in [0, 0.1) is 0 Å². The number of aromatic nitrogens is 1. The summed E-state index contributed by atoms with van der Waals surface area (Å²) in [4.78, 5) is 30.8. The van der Waals surface area contributed by atoms with Crippen molar-refractivity contribution in [3.8, 4) is 0 Å². The minimum absolute atomic E-state index is 0.00507. The lowest BCUT2D eigenvalue weighted by Gasteiger charge is -2.26. The number of nitrogens with one attached hydrogen (secondary N) is 1. The predicted octanol–water partition coefficient (Wildman–Crippen LogP) is 2.04. The Bertz CT molecular complexity index is 741. The Labute approximate surface area is 148 Å². The first kappa shape index (κ1) is 16.9. The zero-order valence-corrected chi connectivity index (χ0v) is 14.7. The highest BCUT2D eigenvalue weighted by atomic mass is 32.2. The van der Waals surface area contributed by atoms with Crippen molar-refractivity contribution in [3.63, 3.8) is 0 Å². The summed E-state index contributed by atoms with van der Waals surface area (Å²) in [7, 11) is 0. The zero-order chi connectivity index (χ0) is 16.9. The van der Waals surface area contributed by atoms with Gasteiger partial charge in [0.1, 0.15) is 10.7 Å². The molecule has 0 radical (unpaired) electrons. The first-order valence-electron chi connectivity index (χ1n) is 7.60. The second kappa shape index (κ2) is 7.78. The van der Waals surface area contributed by atoms with E-state index in [9.17, 15) is 9.59 Å². The van der Waals surface area contributed by atoms with Crippen LogP contribution in [0.2, 0.25) is 0 Å². The molecule has 1 fully saturated rings. The summed E-state index contributed by atoms with van der Waals surface area (Å²) < 4.78 is 0. The molecule has 126 valence electrons. The second-order valence-electron chi connectivity index (χ2n) is 5.27. The van der Waals surface area contributed by atoms with Crippen LogP contribution in [-0.4, -0.2) is 46.3 Å². The molecule has 1 aromatic carbocycles. The number of nitrogens with two attached hydrogens (primary N) is 1. The van der Waals surface area contributed by atoms with Gasteiger partial charge in [0.05, 0.1) is 0 Å². The molecule has 3 N–H and O–H groups in total. The van der Waals surface area contributed by atoms with Crippen LogP contribution in [0.25, 0.3) is 0 Å². The standard InChI is InChI=1S/C16H18N4O2S2/c17-9-14-19-13(10-24-14)15(21)18-12-3-1-2-11(8-12)16(22)20-4-6-23-7-5-20/h1-3,8,10H,4-7,9,17H2,(H,18,21). The molecule has 2 aromatic rings. The third-order valence-electron chi connectivity index (χ3n) is 3.62. The fourth-order valence-electron chi connectivity index (χ4n) is 2.38. The van der Waals surface area contributed by atoms with Crippen molar-refractivity contribution >= 4 is 40.6 Å². The zero-order valence-electron chi connectivity index (χ0n) is 13.0. The summed E-state index contributed by atoms with van der Waals surface area (Å²) in [6, 6.07) is 7.01. The van der Waals surface area contributed by atoms with Crippen LogP contribution >= 0.6 is 23.1 Å². The van der Waals surface area contributed by atoms with Gasteiger partial charge in [-0.25, -0.2) is 4.98 Å². The lowest BCUT2D eigenvalue weighted by atomic mass is 10.1. The van der Waals surface area contributed by atoms with Gasteiger partial charge in [-0.3, -0.25) is 9.59 Å². The van der Waals surface area contributed by atoms with E-state index in [1.54, 1.807) is 29.6 Å². The van der Waals surface area contributed by atoms with E-state index in [0.29, 0.717) is 28.5 Å². The number of hydrogen-bond donors (Lipinski definition) is 2. The van der Waals surface area contributed by atoms with Gasteiger partial charge in [-0.2, -0.15) is 11.8 Å². The highest BCUT2D eigenvalue weighted by Gasteiger charge is 2.19. The fraction of sp³-hybridized carbons (Fsp3) is 0.312. The molecule has 0 unspecified atom stereocenters. The average Bonchev–Trinajstić information content (AvgIpc) is 3.11. The third kappa shape index (κ3) is 3.95. The van der Waals surface area contributed by atoms with E-state index in [0.717, 1.165) is 24.6 Å². The summed E-state index contributed by atoms with van der Waals surface area (Å²) in [6.07, 6.45) is 0. The number of carbonyl (C=O) groups excluding carboxylic acids is 2. The molecule has 24 heavy (non-hydrogen) atoms. The van der Waals surface area contributed by atoms with Crippen LogP contribution in [0.1, 0.15) is 25.9 Å². The normalized spacial score (nSPS) is 14.5. The number of carbonyl (C=O) groups is 2. The minimum Gasteiger partial charge on any atom is -0.337 e. The minimum atomic E-state index is -0.301. The Kier molecular flexibility index (Phi) is 5.49. The summed E-state index contributed by atoms with van der Waals surface area (Å²) in [5, 5.41) is 5.18. The Morgan fingerprint density at radius 3 is 2.79 bits per heavy atom. The van der Waals surface area contributed by atoms with Gasteiger partial charge in [-0.15, -0.1) is 11.3 Å². The highest BCUT2D eigenvalue weighted by Crippen LogP contribution is 2.17. The van der Waals surface area contributed by atoms with Gasteiger partial charge in [-0.05, 0) is 18.2 Å². The summed E-state index contributed by atoms with van der Waals surface area (Å²) in [5.41, 5.74) is 7.02. The van der Waals surface area contributed by atoms with E-state index >= 15 is 0 Å². The van der Waals surface area contributed by atoms with Gasteiger partial charge in [0, 0.05) is 47.8 Å². The van der Waals surface area contributed by atoms with Crippen molar-refractivity contribution in [2.24, 2.45) is 5.73 Å². The number of thiazole rings is 1. The molecule has 8 heteroatoms. The molecule has 1 aliphatic rings. The average molecular weight is 362 g/mol. The van der Waals surface area contributed by atoms with Crippen molar-refractivity contribution in [2.45, 2.75) is 6.54 Å². The number of hydrogen-bond acceptors (Lipinski definition) is 6. The number of anilines is 1. The maximum atomic E-state index is 12.5. The summed E-state index contributed by atoms with van der Waals surface area (Å²) in [6.45, 7) is 1.84. The van der Waals surface area contributed by atoms with Gasteiger partial charge in [0.25, 0.3) is 11.8 Å². The SMILES string of the molecule is NCc1nc(C(=O)Nc2cccc(C(=O)N3CCSCC3)c2)cs1. The monoisotopic (exact) mass is 362 g/mol. The molecule has 0 atom stereocenters. The number of rotatable bonds is 4. The van der Waals surface area contributed by atoms with Crippen LogP contribution in [0.5, 0.6) is 0 Å². The van der Waals surface area contributed by atoms with E-state index in [-0.39, 0.29) is 11.8 Å².